The topological polar surface area (TPSA) is 187 Å². The second-order valence-electron chi connectivity index (χ2n) is 11.7. The van der Waals surface area contributed by atoms with Crippen LogP contribution in [0.1, 0.15) is 57.8 Å². The first-order valence-corrected chi connectivity index (χ1v) is 15.3. The van der Waals surface area contributed by atoms with Crippen molar-refractivity contribution in [1.82, 2.24) is 25.8 Å². The van der Waals surface area contributed by atoms with Crippen LogP contribution in [0.25, 0.3) is 0 Å². The first-order chi connectivity index (χ1) is 20.7. The van der Waals surface area contributed by atoms with Gasteiger partial charge in [-0.3, -0.25) is 39.6 Å². The minimum atomic E-state index is -0.982. The molecule has 5 amide bonds. The van der Waals surface area contributed by atoms with Crippen molar-refractivity contribution in [3.8, 4) is 0 Å². The molecule has 13 nitrogen and oxygen atoms in total. The second kappa shape index (κ2) is 13.5. The van der Waals surface area contributed by atoms with Gasteiger partial charge in [-0.1, -0.05) is 12.2 Å². The molecule has 0 spiro atoms. The summed E-state index contributed by atoms with van der Waals surface area (Å²) in [6.07, 6.45) is 10.4. The van der Waals surface area contributed by atoms with E-state index < -0.39 is 41.5 Å². The maximum Gasteiger partial charge on any atom is 0.249 e. The van der Waals surface area contributed by atoms with Crippen LogP contribution in [-0.4, -0.2) is 90.0 Å². The molecule has 0 aromatic heterocycles. The van der Waals surface area contributed by atoms with E-state index in [-0.39, 0.29) is 30.6 Å². The number of likely N-dealkylation sites (tertiary alicyclic amines) is 2. The quantitative estimate of drug-likeness (QED) is 0.0962. The Balaban J connectivity index is 1.01. The molecule has 0 aromatic rings. The molecule has 3 fully saturated rings. The van der Waals surface area contributed by atoms with E-state index in [1.54, 1.807) is 18.2 Å². The Morgan fingerprint density at radius 3 is 2.60 bits per heavy atom. The predicted molar refractivity (Wildman–Crippen MR) is 156 cm³/mol. The molecule has 232 valence electrons. The normalized spacial score (nSPS) is 26.3. The summed E-state index contributed by atoms with van der Waals surface area (Å²) in [5.74, 6) is -2.82. The third kappa shape index (κ3) is 6.82. The summed E-state index contributed by atoms with van der Waals surface area (Å²) in [5.41, 5.74) is 7.62. The van der Waals surface area contributed by atoms with E-state index in [9.17, 15) is 24.0 Å². The third-order valence-corrected chi connectivity index (χ3v) is 8.87. The Morgan fingerprint density at radius 2 is 1.86 bits per heavy atom. The van der Waals surface area contributed by atoms with E-state index in [1.165, 1.54) is 0 Å². The first kappa shape index (κ1) is 30.5. The molecular weight excluding hydrogens is 554 g/mol. The molecule has 5 rings (SSSR count). The average molecular weight is 596 g/mol. The molecule has 0 saturated carbocycles. The fourth-order valence-corrected chi connectivity index (χ4v) is 6.48. The lowest BCUT2D eigenvalue weighted by Crippen LogP contribution is -2.54. The smallest absolute Gasteiger partial charge is 0.249 e. The van der Waals surface area contributed by atoms with Crippen molar-refractivity contribution in [3.05, 3.63) is 35.3 Å². The zero-order valence-electron chi connectivity index (χ0n) is 24.4. The molecule has 13 heteroatoms. The number of piperidine rings is 2. The van der Waals surface area contributed by atoms with Gasteiger partial charge < -0.3 is 26.0 Å². The number of amides is 5. The van der Waals surface area contributed by atoms with Crippen LogP contribution < -0.4 is 21.7 Å². The maximum atomic E-state index is 13.2. The number of hydrogen-bond acceptors (Lipinski definition) is 9. The summed E-state index contributed by atoms with van der Waals surface area (Å²) in [6.45, 7) is 3.22. The van der Waals surface area contributed by atoms with Crippen LogP contribution in [0.4, 0.5) is 0 Å². The molecule has 6 N–H and O–H groups in total. The zero-order chi connectivity index (χ0) is 30.5. The van der Waals surface area contributed by atoms with E-state index in [0.717, 1.165) is 54.8 Å². The molecule has 0 aromatic carbocycles. The third-order valence-electron chi connectivity index (χ3n) is 8.87. The number of carbonyl (C=O) groups excluding carboxylic acids is 5. The number of carbonyl (C=O) groups is 5. The number of nitrogens with two attached hydrogens (primary N) is 1. The van der Waals surface area contributed by atoms with Crippen LogP contribution in [0.5, 0.6) is 0 Å². The Morgan fingerprint density at radius 1 is 1.07 bits per heavy atom. The molecule has 3 unspecified atom stereocenters. The number of allylic oxidation sites excluding steroid dienone is 2. The molecule has 0 radical (unpaired) electrons. The van der Waals surface area contributed by atoms with Crippen molar-refractivity contribution < 1.29 is 28.7 Å². The molecule has 3 atom stereocenters. The van der Waals surface area contributed by atoms with Crippen LogP contribution in [0.15, 0.2) is 35.3 Å². The van der Waals surface area contributed by atoms with Gasteiger partial charge in [-0.2, -0.15) is 0 Å². The summed E-state index contributed by atoms with van der Waals surface area (Å²) >= 11 is 0. The minimum absolute atomic E-state index is 0.0787. The summed E-state index contributed by atoms with van der Waals surface area (Å²) in [4.78, 5) is 65.8. The van der Waals surface area contributed by atoms with E-state index in [4.69, 9.17) is 15.9 Å². The lowest BCUT2D eigenvalue weighted by atomic mass is 9.89. The van der Waals surface area contributed by atoms with Crippen LogP contribution in [0.3, 0.4) is 0 Å². The highest BCUT2D eigenvalue weighted by molar-refractivity contribution is 6.12. The molecule has 4 aliphatic heterocycles. The predicted octanol–water partition coefficient (Wildman–Crippen LogP) is 0.187. The number of ether oxygens (including phenoxy) is 1. The zero-order valence-corrected chi connectivity index (χ0v) is 24.4. The number of nitrogens with zero attached hydrogens (tertiary/aromatic N) is 2. The van der Waals surface area contributed by atoms with E-state index >= 15 is 0 Å². The van der Waals surface area contributed by atoms with Crippen molar-refractivity contribution in [2.24, 2.45) is 17.6 Å². The van der Waals surface area contributed by atoms with Crippen molar-refractivity contribution >= 4 is 35.4 Å². The number of nitrogens with one attached hydrogen (secondary N) is 4. The summed E-state index contributed by atoms with van der Waals surface area (Å²) in [6, 6.07) is -0.714. The van der Waals surface area contributed by atoms with E-state index in [2.05, 4.69) is 16.0 Å². The van der Waals surface area contributed by atoms with Crippen molar-refractivity contribution in [1.29, 1.82) is 5.41 Å². The Hall–Kier alpha value is -4.00. The van der Waals surface area contributed by atoms with Gasteiger partial charge in [0, 0.05) is 62.8 Å². The highest BCUT2D eigenvalue weighted by Gasteiger charge is 2.54. The second-order valence-corrected chi connectivity index (χ2v) is 11.7. The monoisotopic (exact) mass is 595 g/mol. The van der Waals surface area contributed by atoms with E-state index in [1.807, 2.05) is 4.90 Å². The number of fused-ring (bicyclic) bond motifs is 1. The van der Waals surface area contributed by atoms with Crippen LogP contribution >= 0.6 is 0 Å². The lowest BCUT2D eigenvalue weighted by Gasteiger charge is -2.34. The van der Waals surface area contributed by atoms with Gasteiger partial charge in [0.15, 0.2) is 0 Å². The van der Waals surface area contributed by atoms with Gasteiger partial charge in [-0.05, 0) is 44.6 Å². The summed E-state index contributed by atoms with van der Waals surface area (Å²) in [7, 11) is 0. The largest absolute Gasteiger partial charge is 0.497 e. The number of unbranched alkanes of at least 4 members (excludes halogenated alkanes) is 2. The maximum absolute atomic E-state index is 13.2. The number of rotatable bonds is 11. The molecular formula is C30H41N7O6. The molecule has 5 aliphatic rings. The van der Waals surface area contributed by atoms with Crippen molar-refractivity contribution in [2.45, 2.75) is 69.9 Å². The molecule has 43 heavy (non-hydrogen) atoms. The van der Waals surface area contributed by atoms with E-state index in [0.29, 0.717) is 44.8 Å². The standard InChI is InChI=1S/C30H41N7O6/c31-27(32)20-17-33-13-10-21(20)34-18-11-14-36(15-12-18)25(39)7-2-1-3-16-43-23-6-4-5-19-26(23)30(42)37(29(19)41)22-8-9-24(38)35-28(22)40/h4-6,18-19,22,26,33-34H,1-3,7-17H2,(H3,31,32)(H,35,38,40). The molecule has 4 heterocycles. The summed E-state index contributed by atoms with van der Waals surface area (Å²) < 4.78 is 5.94. The van der Waals surface area contributed by atoms with Crippen LogP contribution in [0.2, 0.25) is 0 Å². The Kier molecular flexibility index (Phi) is 9.59. The fourth-order valence-electron chi connectivity index (χ4n) is 6.48. The number of imide groups is 2. The molecule has 1 aliphatic carbocycles. The number of hydrogen-bond donors (Lipinski definition) is 5. The Bertz CT molecular complexity index is 1270. The van der Waals surface area contributed by atoms with Gasteiger partial charge >= 0.3 is 0 Å². The summed E-state index contributed by atoms with van der Waals surface area (Å²) in [5, 5.41) is 16.8. The SMILES string of the molecule is N=C(N)C1=C(NC2CCN(C(=O)CCCCCOC3=CC=CC4C(=O)N(C5CCC(=O)NC5=O)C(=O)C34)CC2)CCNC1. The fraction of sp³-hybridized carbons (Fsp3) is 0.600. The van der Waals surface area contributed by atoms with Crippen molar-refractivity contribution in [2.75, 3.05) is 32.8 Å². The lowest BCUT2D eigenvalue weighted by molar-refractivity contribution is -0.151. The van der Waals surface area contributed by atoms with Gasteiger partial charge in [0.25, 0.3) is 0 Å². The minimum Gasteiger partial charge on any atom is -0.497 e. The first-order valence-electron chi connectivity index (χ1n) is 15.3. The highest BCUT2D eigenvalue weighted by atomic mass is 16.5. The van der Waals surface area contributed by atoms with Gasteiger partial charge in [0.1, 0.15) is 23.6 Å². The van der Waals surface area contributed by atoms with Crippen LogP contribution in [0, 0.1) is 17.2 Å². The van der Waals surface area contributed by atoms with Crippen LogP contribution in [-0.2, 0) is 28.7 Å². The molecule has 0 bridgehead atoms. The number of amidine groups is 1. The molecule has 3 saturated heterocycles. The Labute approximate surface area is 250 Å². The van der Waals surface area contributed by atoms with Crippen molar-refractivity contribution in [3.63, 3.8) is 0 Å². The van der Waals surface area contributed by atoms with Gasteiger partial charge in [0.2, 0.25) is 29.5 Å². The van der Waals surface area contributed by atoms with Gasteiger partial charge in [-0.15, -0.1) is 0 Å². The highest BCUT2D eigenvalue weighted by Crippen LogP contribution is 2.38. The average Bonchev–Trinajstić information content (AvgIpc) is 3.25. The van der Waals surface area contributed by atoms with Gasteiger partial charge in [-0.25, -0.2) is 0 Å². The van der Waals surface area contributed by atoms with Gasteiger partial charge in [0.05, 0.1) is 12.5 Å².